The molecule has 15 atom stereocenters. The Morgan fingerprint density at radius 3 is 1.68 bits per heavy atom. The molecule has 3 heterocycles. The van der Waals surface area contributed by atoms with E-state index in [1.165, 1.54) is 0 Å². The highest BCUT2D eigenvalue weighted by Gasteiger charge is 2.55. The van der Waals surface area contributed by atoms with Gasteiger partial charge in [0.25, 0.3) is 0 Å². The fourth-order valence-corrected chi connectivity index (χ4v) is 6.31. The van der Waals surface area contributed by atoms with Crippen LogP contribution in [0, 0.1) is 0 Å². The summed E-state index contributed by atoms with van der Waals surface area (Å²) in [7, 11) is 0. The molecule has 9 N–H and O–H groups in total. The molecule has 0 aliphatic carbocycles. The summed E-state index contributed by atoms with van der Waals surface area (Å²) >= 11 is 0. The Balaban J connectivity index is 1.77. The zero-order valence-corrected chi connectivity index (χ0v) is 29.5. The van der Waals surface area contributed by atoms with Crippen molar-refractivity contribution in [3.05, 3.63) is 35.9 Å². The molecule has 3 amide bonds. The molecule has 3 saturated heterocycles. The Bertz CT molecular complexity index is 1370. The van der Waals surface area contributed by atoms with E-state index in [9.17, 15) is 49.8 Å². The molecule has 0 unspecified atom stereocenters. The Kier molecular flexibility index (Phi) is 15.4. The zero-order valence-electron chi connectivity index (χ0n) is 29.5. The van der Waals surface area contributed by atoms with Crippen molar-refractivity contribution < 1.29 is 83.0 Å². The number of amides is 3. The summed E-state index contributed by atoms with van der Waals surface area (Å²) in [5.41, 5.74) is 0.773. The average Bonchev–Trinajstić information content (AvgIpc) is 3.09. The summed E-state index contributed by atoms with van der Waals surface area (Å²) in [5.74, 6) is -2.71. The highest BCUT2D eigenvalue weighted by Crippen LogP contribution is 2.33. The molecule has 0 bridgehead atoms. The van der Waals surface area contributed by atoms with Crippen molar-refractivity contribution in [3.63, 3.8) is 0 Å². The van der Waals surface area contributed by atoms with E-state index in [2.05, 4.69) is 16.0 Å². The fourth-order valence-electron chi connectivity index (χ4n) is 6.31. The van der Waals surface area contributed by atoms with Gasteiger partial charge in [-0.2, -0.15) is 0 Å². The standard InChI is InChI=1S/C33H49N3O17/c1-14(38)34-22-27(44)25(42)19(10-37)50-32(22)52-29-21(12-47-11-18-8-6-5-7-9-18)49-31(46)24(36-16(3)40)30(29)53-33-23(35-15(2)39)28(45)26(43)20(51-33)13-48-17(4)41/h5-9,19-33,37,42-46H,10-13H2,1-4H3,(H,34,38)(H,35,39)(H,36,40)/t19-,20-,21-,22-,23-,24-,25+,26+,27-,28-,29+,30-,31+,32+,33+/m1/s1. The first-order valence-electron chi connectivity index (χ1n) is 17.0. The average molecular weight is 760 g/mol. The van der Waals surface area contributed by atoms with E-state index in [0.29, 0.717) is 0 Å². The van der Waals surface area contributed by atoms with Crippen LogP contribution in [0.15, 0.2) is 30.3 Å². The van der Waals surface area contributed by atoms with Gasteiger partial charge in [-0.15, -0.1) is 0 Å². The van der Waals surface area contributed by atoms with Crippen LogP contribution >= 0.6 is 0 Å². The van der Waals surface area contributed by atoms with Gasteiger partial charge in [-0.05, 0) is 5.56 Å². The molecule has 20 nitrogen and oxygen atoms in total. The van der Waals surface area contributed by atoms with Gasteiger partial charge in [-0.25, -0.2) is 0 Å². The molecule has 1 aromatic carbocycles. The van der Waals surface area contributed by atoms with Crippen LogP contribution in [0.2, 0.25) is 0 Å². The van der Waals surface area contributed by atoms with Gasteiger partial charge in [-0.3, -0.25) is 19.2 Å². The molecular formula is C33H49N3O17. The number of carbonyl (C=O) groups excluding carboxylic acids is 4. The highest BCUT2D eigenvalue weighted by atomic mass is 16.7. The molecule has 3 fully saturated rings. The van der Waals surface area contributed by atoms with E-state index >= 15 is 0 Å². The van der Waals surface area contributed by atoms with Gasteiger partial charge < -0.3 is 79.7 Å². The third-order valence-electron chi connectivity index (χ3n) is 8.78. The number of esters is 1. The number of rotatable bonds is 14. The van der Waals surface area contributed by atoms with Gasteiger partial charge in [0.1, 0.15) is 79.7 Å². The molecule has 3 aliphatic rings. The second-order valence-corrected chi connectivity index (χ2v) is 13.0. The molecule has 0 aromatic heterocycles. The normalized spacial score (nSPS) is 37.3. The van der Waals surface area contributed by atoms with Gasteiger partial charge in [0.05, 0.1) is 19.8 Å². The van der Waals surface area contributed by atoms with Gasteiger partial charge in [0.2, 0.25) is 17.7 Å². The first-order chi connectivity index (χ1) is 25.1. The van der Waals surface area contributed by atoms with Crippen LogP contribution in [-0.4, -0.2) is 166 Å². The van der Waals surface area contributed by atoms with E-state index in [0.717, 1.165) is 33.3 Å². The number of ether oxygens (including phenoxy) is 7. The smallest absolute Gasteiger partial charge is 0.302 e. The number of benzene rings is 1. The minimum Gasteiger partial charge on any atom is -0.463 e. The number of hydrogen-bond acceptors (Lipinski definition) is 17. The Morgan fingerprint density at radius 2 is 1.15 bits per heavy atom. The first-order valence-corrected chi connectivity index (χ1v) is 17.0. The number of aliphatic hydroxyl groups is 6. The Morgan fingerprint density at radius 1 is 0.642 bits per heavy atom. The largest absolute Gasteiger partial charge is 0.463 e. The predicted octanol–water partition coefficient (Wildman–Crippen LogP) is -4.35. The first kappa shape index (κ1) is 42.4. The van der Waals surface area contributed by atoms with Crippen molar-refractivity contribution in [3.8, 4) is 0 Å². The van der Waals surface area contributed by atoms with E-state index < -0.39 is 129 Å². The maximum atomic E-state index is 12.5. The number of nitrogens with one attached hydrogen (secondary N) is 3. The van der Waals surface area contributed by atoms with E-state index in [4.69, 9.17) is 33.2 Å². The highest BCUT2D eigenvalue weighted by molar-refractivity contribution is 5.74. The van der Waals surface area contributed by atoms with Crippen LogP contribution in [0.4, 0.5) is 0 Å². The summed E-state index contributed by atoms with van der Waals surface area (Å²) in [4.78, 5) is 48.5. The monoisotopic (exact) mass is 759 g/mol. The lowest BCUT2D eigenvalue weighted by molar-refractivity contribution is -0.356. The fraction of sp³-hybridized carbons (Fsp3) is 0.697. The number of hydrogen-bond donors (Lipinski definition) is 9. The van der Waals surface area contributed by atoms with Crippen molar-refractivity contribution in [2.75, 3.05) is 19.8 Å². The third kappa shape index (κ3) is 11.1. The molecule has 4 rings (SSSR count). The van der Waals surface area contributed by atoms with E-state index in [1.807, 2.05) is 6.07 Å². The van der Waals surface area contributed by atoms with Crippen molar-refractivity contribution in [2.45, 2.75) is 126 Å². The molecule has 0 saturated carbocycles. The summed E-state index contributed by atoms with van der Waals surface area (Å²) in [5, 5.41) is 72.2. The van der Waals surface area contributed by atoms with Gasteiger partial charge >= 0.3 is 5.97 Å². The number of aliphatic hydroxyl groups excluding tert-OH is 6. The second kappa shape index (κ2) is 19.3. The molecule has 53 heavy (non-hydrogen) atoms. The van der Waals surface area contributed by atoms with Crippen molar-refractivity contribution >= 4 is 23.7 Å². The Hall–Kier alpha value is -3.38. The minimum absolute atomic E-state index is 0.0638. The molecule has 3 aliphatic heterocycles. The van der Waals surface area contributed by atoms with E-state index in [-0.39, 0.29) is 13.2 Å². The van der Waals surface area contributed by atoms with Crippen LogP contribution in [0.5, 0.6) is 0 Å². The molecule has 0 spiro atoms. The summed E-state index contributed by atoms with van der Waals surface area (Å²) < 4.78 is 41.3. The summed E-state index contributed by atoms with van der Waals surface area (Å²) in [6.45, 7) is 2.96. The van der Waals surface area contributed by atoms with Crippen LogP contribution in [-0.2, 0) is 58.9 Å². The molecule has 298 valence electrons. The quantitative estimate of drug-likeness (QED) is 0.0810. The summed E-state index contributed by atoms with van der Waals surface area (Å²) in [6, 6.07) is 4.56. The van der Waals surface area contributed by atoms with Crippen molar-refractivity contribution in [1.29, 1.82) is 0 Å². The van der Waals surface area contributed by atoms with E-state index in [1.54, 1.807) is 24.3 Å². The van der Waals surface area contributed by atoms with Gasteiger partial charge in [0, 0.05) is 27.7 Å². The topological polar surface area (TPSA) is 290 Å². The molecular weight excluding hydrogens is 710 g/mol. The van der Waals surface area contributed by atoms with Crippen LogP contribution in [0.1, 0.15) is 33.3 Å². The Labute approximate surface area is 304 Å². The third-order valence-corrected chi connectivity index (χ3v) is 8.78. The lowest BCUT2D eigenvalue weighted by atomic mass is 9.93. The SMILES string of the molecule is CC(=O)N[C@@H]1[C@@H](O[C@@H]2O[C@H](COC(C)=O)[C@H](O)[C@H](O)[C@H]2NC(C)=O)[C@@H](O[C@@H]2O[C@H](CO)[C@H](O)[C@H](O)[C@H]2NC(C)=O)[C@@H](COCc2ccccc2)O[C@@H]1O. The molecule has 20 heteroatoms. The lowest BCUT2D eigenvalue weighted by Crippen LogP contribution is -2.71. The van der Waals surface area contributed by atoms with Crippen molar-refractivity contribution in [1.82, 2.24) is 16.0 Å². The van der Waals surface area contributed by atoms with Crippen LogP contribution < -0.4 is 16.0 Å². The molecule has 0 radical (unpaired) electrons. The maximum absolute atomic E-state index is 12.5. The van der Waals surface area contributed by atoms with Crippen LogP contribution in [0.3, 0.4) is 0 Å². The number of carbonyl (C=O) groups is 4. The maximum Gasteiger partial charge on any atom is 0.302 e. The lowest BCUT2D eigenvalue weighted by Gasteiger charge is -2.50. The van der Waals surface area contributed by atoms with Gasteiger partial charge in [0.15, 0.2) is 18.9 Å². The zero-order chi connectivity index (χ0) is 39.0. The molecule has 1 aromatic rings. The summed E-state index contributed by atoms with van der Waals surface area (Å²) in [6.07, 6.45) is -19.2. The van der Waals surface area contributed by atoms with Crippen molar-refractivity contribution in [2.24, 2.45) is 0 Å². The van der Waals surface area contributed by atoms with Crippen LogP contribution in [0.25, 0.3) is 0 Å². The minimum atomic E-state index is -1.82. The van der Waals surface area contributed by atoms with Gasteiger partial charge in [-0.1, -0.05) is 30.3 Å². The second-order valence-electron chi connectivity index (χ2n) is 13.0. The predicted molar refractivity (Wildman–Crippen MR) is 175 cm³/mol.